The van der Waals surface area contributed by atoms with Crippen LogP contribution in [0.4, 0.5) is 4.79 Å². The van der Waals surface area contributed by atoms with Gasteiger partial charge in [-0.2, -0.15) is 5.10 Å². The van der Waals surface area contributed by atoms with Crippen molar-refractivity contribution in [3.8, 4) is 0 Å². The van der Waals surface area contributed by atoms with Crippen LogP contribution in [0.1, 0.15) is 75.4 Å². The van der Waals surface area contributed by atoms with Crippen LogP contribution in [0, 0.1) is 0 Å². The summed E-state index contributed by atoms with van der Waals surface area (Å²) >= 11 is 0. The van der Waals surface area contributed by atoms with Crippen LogP contribution < -0.4 is 5.32 Å². The molecular weight excluding hydrogens is 278 g/mol. The second kappa shape index (κ2) is 7.11. The third-order valence-corrected chi connectivity index (χ3v) is 4.91. The molecule has 0 bridgehead atoms. The van der Waals surface area contributed by atoms with E-state index < -0.39 is 0 Å². The summed E-state index contributed by atoms with van der Waals surface area (Å²) in [4.78, 5) is 18.7. The molecule has 0 unspecified atom stereocenters. The lowest BCUT2D eigenvalue weighted by atomic mass is 9.89. The molecule has 0 radical (unpaired) electrons. The van der Waals surface area contributed by atoms with Gasteiger partial charge in [0.25, 0.3) is 0 Å². The predicted molar refractivity (Wildman–Crippen MR) is 84.8 cm³/mol. The fourth-order valence-electron chi connectivity index (χ4n) is 3.66. The van der Waals surface area contributed by atoms with Crippen LogP contribution in [0.25, 0.3) is 0 Å². The number of H-pyrrole nitrogens is 1. The monoisotopic (exact) mass is 305 g/mol. The fraction of sp³-hybridized carbons (Fsp3) is 0.812. The molecule has 1 atom stereocenters. The number of aromatic amines is 1. The van der Waals surface area contributed by atoms with Gasteiger partial charge < -0.3 is 10.2 Å². The first kappa shape index (κ1) is 15.3. The topological polar surface area (TPSA) is 73.9 Å². The molecule has 22 heavy (non-hydrogen) atoms. The molecular formula is C16H27N5O. The van der Waals surface area contributed by atoms with E-state index >= 15 is 0 Å². The van der Waals surface area contributed by atoms with Gasteiger partial charge in [0.1, 0.15) is 5.82 Å². The summed E-state index contributed by atoms with van der Waals surface area (Å²) in [5.41, 5.74) is 0. The van der Waals surface area contributed by atoms with Crippen molar-refractivity contribution in [3.63, 3.8) is 0 Å². The van der Waals surface area contributed by atoms with Crippen molar-refractivity contribution in [2.75, 3.05) is 19.6 Å². The van der Waals surface area contributed by atoms with Gasteiger partial charge in [-0.3, -0.25) is 5.10 Å². The maximum Gasteiger partial charge on any atom is 0.317 e. The molecule has 1 saturated heterocycles. The standard InChI is InChI=1S/C16H27N5O/c1-2-17-16(22)21-10-6-9-13(11-21)15-18-14(19-20-15)12-7-4-3-5-8-12/h12-13H,2-11H2,1H3,(H,17,22)(H,18,19,20)/t13-/m1/s1. The summed E-state index contributed by atoms with van der Waals surface area (Å²) in [5, 5.41) is 10.5. The van der Waals surface area contributed by atoms with Crippen LogP contribution in [0.2, 0.25) is 0 Å². The smallest absolute Gasteiger partial charge is 0.317 e. The minimum atomic E-state index is 0.0373. The summed E-state index contributed by atoms with van der Waals surface area (Å²) in [6, 6.07) is 0.0373. The highest BCUT2D eigenvalue weighted by Gasteiger charge is 2.28. The Morgan fingerprint density at radius 2 is 2.00 bits per heavy atom. The van der Waals surface area contributed by atoms with Gasteiger partial charge in [0.15, 0.2) is 5.82 Å². The molecule has 1 aliphatic heterocycles. The minimum absolute atomic E-state index is 0.0373. The Morgan fingerprint density at radius 1 is 1.23 bits per heavy atom. The maximum atomic E-state index is 12.0. The van der Waals surface area contributed by atoms with E-state index in [1.165, 1.54) is 32.1 Å². The van der Waals surface area contributed by atoms with Crippen molar-refractivity contribution >= 4 is 6.03 Å². The molecule has 0 spiro atoms. The first-order chi connectivity index (χ1) is 10.8. The number of nitrogens with zero attached hydrogens (tertiary/aromatic N) is 3. The molecule has 1 saturated carbocycles. The Morgan fingerprint density at radius 3 is 2.77 bits per heavy atom. The van der Waals surface area contributed by atoms with Gasteiger partial charge in [-0.25, -0.2) is 9.78 Å². The molecule has 3 rings (SSSR count). The van der Waals surface area contributed by atoms with Crippen molar-refractivity contribution in [2.24, 2.45) is 0 Å². The summed E-state index contributed by atoms with van der Waals surface area (Å²) in [6.45, 7) is 4.19. The summed E-state index contributed by atoms with van der Waals surface area (Å²) in [6.07, 6.45) is 8.49. The van der Waals surface area contributed by atoms with E-state index in [0.29, 0.717) is 12.5 Å². The number of urea groups is 1. The number of carbonyl (C=O) groups excluding carboxylic acids is 1. The molecule has 6 nitrogen and oxygen atoms in total. The van der Waals surface area contributed by atoms with Gasteiger partial charge in [0.2, 0.25) is 0 Å². The molecule has 122 valence electrons. The Bertz CT molecular complexity index is 494. The number of carbonyl (C=O) groups is 1. The van der Waals surface area contributed by atoms with Crippen LogP contribution in [0.3, 0.4) is 0 Å². The minimum Gasteiger partial charge on any atom is -0.338 e. The Balaban J connectivity index is 1.63. The SMILES string of the molecule is CCNC(=O)N1CCC[C@@H](c2n[nH]c(C3CCCCC3)n2)C1. The highest BCUT2D eigenvalue weighted by Crippen LogP contribution is 2.32. The first-order valence-corrected chi connectivity index (χ1v) is 8.73. The molecule has 2 amide bonds. The quantitative estimate of drug-likeness (QED) is 0.901. The van der Waals surface area contributed by atoms with Crippen LogP contribution in [0.5, 0.6) is 0 Å². The lowest BCUT2D eigenvalue weighted by Gasteiger charge is -2.31. The lowest BCUT2D eigenvalue weighted by Crippen LogP contribution is -2.45. The zero-order chi connectivity index (χ0) is 15.4. The Labute approximate surface area is 132 Å². The van der Waals surface area contributed by atoms with E-state index in [1.54, 1.807) is 0 Å². The second-order valence-corrected chi connectivity index (χ2v) is 6.53. The predicted octanol–water partition coefficient (Wildman–Crippen LogP) is 2.76. The maximum absolute atomic E-state index is 12.0. The first-order valence-electron chi connectivity index (χ1n) is 8.73. The molecule has 2 fully saturated rings. The van der Waals surface area contributed by atoms with Gasteiger partial charge in [0.05, 0.1) is 0 Å². The van der Waals surface area contributed by atoms with E-state index in [-0.39, 0.29) is 11.9 Å². The molecule has 1 aromatic rings. The third-order valence-electron chi connectivity index (χ3n) is 4.91. The van der Waals surface area contributed by atoms with Crippen LogP contribution in [0.15, 0.2) is 0 Å². The zero-order valence-corrected chi connectivity index (χ0v) is 13.5. The lowest BCUT2D eigenvalue weighted by molar-refractivity contribution is 0.179. The number of nitrogens with one attached hydrogen (secondary N) is 2. The average Bonchev–Trinajstić information content (AvgIpc) is 3.06. The summed E-state index contributed by atoms with van der Waals surface area (Å²) < 4.78 is 0. The summed E-state index contributed by atoms with van der Waals surface area (Å²) in [5.74, 6) is 2.78. The molecule has 6 heteroatoms. The fourth-order valence-corrected chi connectivity index (χ4v) is 3.66. The molecule has 1 aromatic heterocycles. The van der Waals surface area contributed by atoms with Crippen LogP contribution in [-0.4, -0.2) is 45.7 Å². The van der Waals surface area contributed by atoms with E-state index in [2.05, 4.69) is 15.5 Å². The molecule has 1 aliphatic carbocycles. The van der Waals surface area contributed by atoms with E-state index in [9.17, 15) is 4.79 Å². The van der Waals surface area contributed by atoms with Crippen LogP contribution >= 0.6 is 0 Å². The zero-order valence-electron chi connectivity index (χ0n) is 13.5. The van der Waals surface area contributed by atoms with E-state index in [4.69, 9.17) is 4.98 Å². The molecule has 0 aromatic carbocycles. The van der Waals surface area contributed by atoms with E-state index in [1.807, 2.05) is 11.8 Å². The van der Waals surface area contributed by atoms with Crippen molar-refractivity contribution in [2.45, 2.75) is 63.7 Å². The van der Waals surface area contributed by atoms with Crippen molar-refractivity contribution < 1.29 is 4.79 Å². The number of likely N-dealkylation sites (tertiary alicyclic amines) is 1. The van der Waals surface area contributed by atoms with Gasteiger partial charge in [0, 0.05) is 31.5 Å². The molecule has 2 N–H and O–H groups in total. The Hall–Kier alpha value is -1.59. The number of hydrogen-bond donors (Lipinski definition) is 2. The number of piperidine rings is 1. The Kier molecular flexibility index (Phi) is 4.95. The van der Waals surface area contributed by atoms with Gasteiger partial charge in [-0.1, -0.05) is 19.3 Å². The number of hydrogen-bond acceptors (Lipinski definition) is 3. The highest BCUT2D eigenvalue weighted by molar-refractivity contribution is 5.74. The highest BCUT2D eigenvalue weighted by atomic mass is 16.2. The van der Waals surface area contributed by atoms with Crippen LogP contribution in [-0.2, 0) is 0 Å². The normalized spacial score (nSPS) is 23.5. The molecule has 2 heterocycles. The van der Waals surface area contributed by atoms with E-state index in [0.717, 1.165) is 37.6 Å². The van der Waals surface area contributed by atoms with Crippen molar-refractivity contribution in [1.29, 1.82) is 0 Å². The largest absolute Gasteiger partial charge is 0.338 e. The number of rotatable bonds is 3. The number of aromatic nitrogens is 3. The van der Waals surface area contributed by atoms with Gasteiger partial charge in [-0.05, 0) is 32.6 Å². The summed E-state index contributed by atoms with van der Waals surface area (Å²) in [7, 11) is 0. The van der Waals surface area contributed by atoms with Gasteiger partial charge in [-0.15, -0.1) is 0 Å². The van der Waals surface area contributed by atoms with Crippen molar-refractivity contribution in [3.05, 3.63) is 11.6 Å². The third kappa shape index (κ3) is 3.42. The number of amides is 2. The van der Waals surface area contributed by atoms with Crippen molar-refractivity contribution in [1.82, 2.24) is 25.4 Å². The second-order valence-electron chi connectivity index (χ2n) is 6.53. The van der Waals surface area contributed by atoms with Gasteiger partial charge >= 0.3 is 6.03 Å². The average molecular weight is 305 g/mol. The molecule has 2 aliphatic rings.